The Hall–Kier alpha value is -0.830. The zero-order valence-electron chi connectivity index (χ0n) is 8.40. The first-order valence-corrected chi connectivity index (χ1v) is 4.95. The lowest BCUT2D eigenvalue weighted by atomic mass is 10.2. The van der Waals surface area contributed by atoms with Crippen LogP contribution in [0.3, 0.4) is 0 Å². The SMILES string of the molecule is CCCCCn1nccc1C(C)O. The summed E-state index contributed by atoms with van der Waals surface area (Å²) in [6, 6.07) is 1.87. The van der Waals surface area contributed by atoms with Crippen molar-refractivity contribution in [2.45, 2.75) is 45.8 Å². The van der Waals surface area contributed by atoms with E-state index in [0.29, 0.717) is 0 Å². The molecule has 1 atom stereocenters. The standard InChI is InChI=1S/C10H18N2O/c1-3-4-5-8-12-10(9(2)13)6-7-11-12/h6-7,9,13H,3-5,8H2,1-2H3. The van der Waals surface area contributed by atoms with E-state index < -0.39 is 6.10 Å². The lowest BCUT2D eigenvalue weighted by Crippen LogP contribution is -2.07. The van der Waals surface area contributed by atoms with Crippen LogP contribution < -0.4 is 0 Å². The molecule has 3 heteroatoms. The molecule has 0 aliphatic rings. The second-order valence-electron chi connectivity index (χ2n) is 3.36. The van der Waals surface area contributed by atoms with E-state index >= 15 is 0 Å². The van der Waals surface area contributed by atoms with E-state index in [0.717, 1.165) is 18.7 Å². The summed E-state index contributed by atoms with van der Waals surface area (Å²) in [5.41, 5.74) is 0.913. The second-order valence-corrected chi connectivity index (χ2v) is 3.36. The summed E-state index contributed by atoms with van der Waals surface area (Å²) >= 11 is 0. The normalized spacial score (nSPS) is 13.2. The van der Waals surface area contributed by atoms with E-state index in [1.807, 2.05) is 10.7 Å². The number of hydrogen-bond acceptors (Lipinski definition) is 2. The van der Waals surface area contributed by atoms with Gasteiger partial charge in [-0.1, -0.05) is 19.8 Å². The fraction of sp³-hybridized carbons (Fsp3) is 0.700. The molecule has 1 N–H and O–H groups in total. The maximum absolute atomic E-state index is 9.39. The van der Waals surface area contributed by atoms with Crippen molar-refractivity contribution in [1.82, 2.24) is 9.78 Å². The maximum Gasteiger partial charge on any atom is 0.0928 e. The van der Waals surface area contributed by atoms with E-state index in [4.69, 9.17) is 0 Å². The Morgan fingerprint density at radius 3 is 2.92 bits per heavy atom. The van der Waals surface area contributed by atoms with Crippen LogP contribution in [0.1, 0.15) is 44.9 Å². The Kier molecular flexibility index (Phi) is 3.96. The van der Waals surface area contributed by atoms with Crippen LogP contribution in [0.4, 0.5) is 0 Å². The Balaban J connectivity index is 2.50. The minimum absolute atomic E-state index is 0.413. The maximum atomic E-state index is 9.39. The quantitative estimate of drug-likeness (QED) is 0.708. The summed E-state index contributed by atoms with van der Waals surface area (Å²) in [4.78, 5) is 0. The molecule has 0 aliphatic heterocycles. The highest BCUT2D eigenvalue weighted by Gasteiger charge is 2.06. The second kappa shape index (κ2) is 5.02. The lowest BCUT2D eigenvalue weighted by Gasteiger charge is -2.08. The Labute approximate surface area is 79.4 Å². The fourth-order valence-corrected chi connectivity index (χ4v) is 1.40. The van der Waals surface area contributed by atoms with Crippen molar-refractivity contribution in [3.05, 3.63) is 18.0 Å². The minimum atomic E-state index is -0.413. The van der Waals surface area contributed by atoms with E-state index in [2.05, 4.69) is 12.0 Å². The molecule has 0 aliphatic carbocycles. The third kappa shape index (κ3) is 2.84. The predicted molar refractivity (Wildman–Crippen MR) is 52.4 cm³/mol. The number of aromatic nitrogens is 2. The van der Waals surface area contributed by atoms with Crippen LogP contribution >= 0.6 is 0 Å². The minimum Gasteiger partial charge on any atom is -0.387 e. The van der Waals surface area contributed by atoms with E-state index in [-0.39, 0.29) is 0 Å². The molecule has 74 valence electrons. The molecule has 1 aromatic rings. The van der Waals surface area contributed by atoms with Crippen LogP contribution in [0, 0.1) is 0 Å². The fourth-order valence-electron chi connectivity index (χ4n) is 1.40. The molecule has 1 heterocycles. The number of unbranched alkanes of at least 4 members (excludes halogenated alkanes) is 2. The van der Waals surface area contributed by atoms with Gasteiger partial charge in [0, 0.05) is 12.7 Å². The van der Waals surface area contributed by atoms with Crippen LogP contribution in [0.25, 0.3) is 0 Å². The van der Waals surface area contributed by atoms with Crippen molar-refractivity contribution >= 4 is 0 Å². The number of hydrogen-bond donors (Lipinski definition) is 1. The Morgan fingerprint density at radius 2 is 2.31 bits per heavy atom. The molecule has 0 amide bonds. The molecule has 0 saturated carbocycles. The van der Waals surface area contributed by atoms with Gasteiger partial charge >= 0.3 is 0 Å². The summed E-state index contributed by atoms with van der Waals surface area (Å²) in [6.07, 6.45) is 4.90. The van der Waals surface area contributed by atoms with Crippen LogP contribution in [-0.2, 0) is 6.54 Å². The average molecular weight is 182 g/mol. The highest BCUT2D eigenvalue weighted by Crippen LogP contribution is 2.11. The summed E-state index contributed by atoms with van der Waals surface area (Å²) in [7, 11) is 0. The average Bonchev–Trinajstić information content (AvgIpc) is 2.53. The van der Waals surface area contributed by atoms with Gasteiger partial charge in [0.15, 0.2) is 0 Å². The molecular weight excluding hydrogens is 164 g/mol. The van der Waals surface area contributed by atoms with Gasteiger partial charge < -0.3 is 5.11 Å². The number of nitrogens with zero attached hydrogens (tertiary/aromatic N) is 2. The molecule has 0 aromatic carbocycles. The molecule has 0 spiro atoms. The summed E-state index contributed by atoms with van der Waals surface area (Å²) in [6.45, 7) is 4.87. The van der Waals surface area contributed by atoms with Crippen molar-refractivity contribution in [2.24, 2.45) is 0 Å². The number of rotatable bonds is 5. The van der Waals surface area contributed by atoms with Gasteiger partial charge in [0.05, 0.1) is 11.8 Å². The summed E-state index contributed by atoms with van der Waals surface area (Å²) < 4.78 is 1.89. The molecule has 13 heavy (non-hydrogen) atoms. The monoisotopic (exact) mass is 182 g/mol. The number of aryl methyl sites for hydroxylation is 1. The Morgan fingerprint density at radius 1 is 1.54 bits per heavy atom. The molecule has 3 nitrogen and oxygen atoms in total. The predicted octanol–water partition coefficient (Wildman–Crippen LogP) is 2.13. The third-order valence-corrected chi connectivity index (χ3v) is 2.15. The number of aliphatic hydroxyl groups is 1. The molecule has 0 saturated heterocycles. The number of aliphatic hydroxyl groups excluding tert-OH is 1. The van der Waals surface area contributed by atoms with Gasteiger partial charge in [-0.25, -0.2) is 0 Å². The van der Waals surface area contributed by atoms with Crippen LogP contribution in [0.15, 0.2) is 12.3 Å². The van der Waals surface area contributed by atoms with Gasteiger partial charge in [-0.05, 0) is 19.4 Å². The summed E-state index contributed by atoms with van der Waals surface area (Å²) in [5, 5.41) is 13.6. The molecule has 0 fully saturated rings. The van der Waals surface area contributed by atoms with Crippen molar-refractivity contribution < 1.29 is 5.11 Å². The highest BCUT2D eigenvalue weighted by molar-refractivity contribution is 5.02. The zero-order chi connectivity index (χ0) is 9.68. The van der Waals surface area contributed by atoms with Gasteiger partial charge in [-0.15, -0.1) is 0 Å². The van der Waals surface area contributed by atoms with Crippen LogP contribution in [0.2, 0.25) is 0 Å². The molecular formula is C10H18N2O. The topological polar surface area (TPSA) is 38.0 Å². The van der Waals surface area contributed by atoms with Crippen molar-refractivity contribution in [3.63, 3.8) is 0 Å². The molecule has 1 aromatic heterocycles. The third-order valence-electron chi connectivity index (χ3n) is 2.15. The Bertz CT molecular complexity index is 243. The molecule has 0 radical (unpaired) electrons. The van der Waals surface area contributed by atoms with Crippen molar-refractivity contribution in [1.29, 1.82) is 0 Å². The van der Waals surface area contributed by atoms with Gasteiger partial charge in [-0.3, -0.25) is 4.68 Å². The van der Waals surface area contributed by atoms with E-state index in [1.54, 1.807) is 13.1 Å². The van der Waals surface area contributed by atoms with Gasteiger partial charge in [0.2, 0.25) is 0 Å². The van der Waals surface area contributed by atoms with Gasteiger partial charge in [-0.2, -0.15) is 5.10 Å². The highest BCUT2D eigenvalue weighted by atomic mass is 16.3. The molecule has 1 rings (SSSR count). The van der Waals surface area contributed by atoms with E-state index in [1.165, 1.54) is 12.8 Å². The largest absolute Gasteiger partial charge is 0.387 e. The van der Waals surface area contributed by atoms with Crippen LogP contribution in [0.5, 0.6) is 0 Å². The first-order valence-electron chi connectivity index (χ1n) is 4.95. The lowest BCUT2D eigenvalue weighted by molar-refractivity contribution is 0.186. The van der Waals surface area contributed by atoms with Crippen LogP contribution in [-0.4, -0.2) is 14.9 Å². The molecule has 1 unspecified atom stereocenters. The van der Waals surface area contributed by atoms with Crippen molar-refractivity contribution in [2.75, 3.05) is 0 Å². The smallest absolute Gasteiger partial charge is 0.0928 e. The van der Waals surface area contributed by atoms with E-state index in [9.17, 15) is 5.11 Å². The molecule has 0 bridgehead atoms. The van der Waals surface area contributed by atoms with Gasteiger partial charge in [0.25, 0.3) is 0 Å². The van der Waals surface area contributed by atoms with Gasteiger partial charge in [0.1, 0.15) is 0 Å². The first-order chi connectivity index (χ1) is 6.25. The zero-order valence-corrected chi connectivity index (χ0v) is 8.40. The first kappa shape index (κ1) is 10.3. The summed E-state index contributed by atoms with van der Waals surface area (Å²) in [5.74, 6) is 0. The van der Waals surface area contributed by atoms with Crippen molar-refractivity contribution in [3.8, 4) is 0 Å².